The van der Waals surface area contributed by atoms with Crippen molar-refractivity contribution in [2.75, 3.05) is 11.9 Å². The average Bonchev–Trinajstić information content (AvgIpc) is 3.09. The molecule has 1 amide bonds. The van der Waals surface area contributed by atoms with Crippen molar-refractivity contribution in [3.05, 3.63) is 82.4 Å². The predicted molar refractivity (Wildman–Crippen MR) is 122 cm³/mol. The Balaban J connectivity index is 1.56. The van der Waals surface area contributed by atoms with Crippen LogP contribution < -0.4 is 10.6 Å². The third-order valence-electron chi connectivity index (χ3n) is 5.08. The summed E-state index contributed by atoms with van der Waals surface area (Å²) in [6.07, 6.45) is 1.72. The van der Waals surface area contributed by atoms with E-state index >= 15 is 0 Å². The second-order valence-electron chi connectivity index (χ2n) is 7.43. The maximum absolute atomic E-state index is 13.8. The van der Waals surface area contributed by atoms with Crippen LogP contribution in [0.2, 0.25) is 5.02 Å². The van der Waals surface area contributed by atoms with Crippen LogP contribution in [0.15, 0.2) is 54.7 Å². The van der Waals surface area contributed by atoms with Crippen LogP contribution in [0.1, 0.15) is 27.7 Å². The average molecular weight is 454 g/mol. The molecule has 0 bridgehead atoms. The van der Waals surface area contributed by atoms with E-state index in [1.807, 2.05) is 26.1 Å². The number of fused-ring (bicyclic) bond motifs is 1. The van der Waals surface area contributed by atoms with Crippen molar-refractivity contribution < 1.29 is 14.3 Å². The predicted octanol–water partition coefficient (Wildman–Crippen LogP) is 4.28. The largest absolute Gasteiger partial charge is 0.394 e. The Morgan fingerprint density at radius 1 is 1.19 bits per heavy atom. The van der Waals surface area contributed by atoms with E-state index in [1.54, 1.807) is 35.1 Å². The molecule has 0 saturated carbocycles. The number of aromatic nitrogens is 3. The molecule has 2 heterocycles. The normalized spacial score (nSPS) is 12.0. The third-order valence-corrected chi connectivity index (χ3v) is 5.38. The topological polar surface area (TPSA) is 92.1 Å². The number of hydrogen-bond donors (Lipinski definition) is 3. The first-order chi connectivity index (χ1) is 15.3. The number of hydrogen-bond acceptors (Lipinski definition) is 5. The lowest BCUT2D eigenvalue weighted by Gasteiger charge is -2.17. The summed E-state index contributed by atoms with van der Waals surface area (Å²) in [4.78, 5) is 17.2. The standard InChI is InChI=1S/C23H21ClFN5O2/c1-13-7-22(30(2)29-13)28-21-10-17-8-15(3-4-16(17)11-26-21)23(32)27-20(12-31)14-5-6-18(24)19(25)9-14/h3-11,20,31H,12H2,1-2H3,(H,26,28)(H,27,32). The summed E-state index contributed by atoms with van der Waals surface area (Å²) >= 11 is 5.72. The lowest BCUT2D eigenvalue weighted by molar-refractivity contribution is 0.0916. The van der Waals surface area contributed by atoms with Crippen molar-refractivity contribution in [3.63, 3.8) is 0 Å². The maximum Gasteiger partial charge on any atom is 0.251 e. The Labute approximate surface area is 188 Å². The van der Waals surface area contributed by atoms with Gasteiger partial charge in [-0.3, -0.25) is 9.48 Å². The lowest BCUT2D eigenvalue weighted by Crippen LogP contribution is -2.30. The second-order valence-corrected chi connectivity index (χ2v) is 7.84. The number of halogens is 2. The van der Waals surface area contributed by atoms with Crippen molar-refractivity contribution >= 4 is 39.9 Å². The third kappa shape index (κ3) is 4.56. The van der Waals surface area contributed by atoms with Gasteiger partial charge >= 0.3 is 0 Å². The molecular weight excluding hydrogens is 433 g/mol. The zero-order valence-corrected chi connectivity index (χ0v) is 18.2. The quantitative estimate of drug-likeness (QED) is 0.405. The molecule has 164 valence electrons. The first kappa shape index (κ1) is 21.7. The smallest absolute Gasteiger partial charge is 0.251 e. The Hall–Kier alpha value is -3.49. The molecule has 4 aromatic rings. The summed E-state index contributed by atoms with van der Waals surface area (Å²) in [5, 5.41) is 21.6. The lowest BCUT2D eigenvalue weighted by atomic mass is 10.1. The van der Waals surface area contributed by atoms with Crippen molar-refractivity contribution in [1.29, 1.82) is 0 Å². The highest BCUT2D eigenvalue weighted by Crippen LogP contribution is 2.23. The Kier molecular flexibility index (Phi) is 6.07. The minimum absolute atomic E-state index is 0.0226. The van der Waals surface area contributed by atoms with Crippen LogP contribution in [-0.4, -0.2) is 32.4 Å². The Bertz CT molecular complexity index is 1310. The summed E-state index contributed by atoms with van der Waals surface area (Å²) in [5.74, 6) is 0.403. The summed E-state index contributed by atoms with van der Waals surface area (Å²) in [7, 11) is 1.84. The number of anilines is 2. The van der Waals surface area contributed by atoms with Gasteiger partial charge in [-0.15, -0.1) is 0 Å². The van der Waals surface area contributed by atoms with Gasteiger partial charge in [-0.05, 0) is 48.2 Å². The van der Waals surface area contributed by atoms with Crippen molar-refractivity contribution in [2.45, 2.75) is 13.0 Å². The highest BCUT2D eigenvalue weighted by Gasteiger charge is 2.17. The van der Waals surface area contributed by atoms with Crippen molar-refractivity contribution in [3.8, 4) is 0 Å². The van der Waals surface area contributed by atoms with Gasteiger partial charge in [0.05, 0.1) is 23.4 Å². The molecule has 0 saturated heterocycles. The summed E-state index contributed by atoms with van der Waals surface area (Å²) in [6.45, 7) is 1.52. The number of aliphatic hydroxyl groups excluding tert-OH is 1. The van der Waals surface area contributed by atoms with Crippen LogP contribution in [0, 0.1) is 12.7 Å². The molecule has 0 fully saturated rings. The van der Waals surface area contributed by atoms with E-state index in [4.69, 9.17) is 11.6 Å². The molecule has 1 unspecified atom stereocenters. The van der Waals surface area contributed by atoms with Gasteiger partial charge in [-0.2, -0.15) is 5.10 Å². The van der Waals surface area contributed by atoms with Crippen molar-refractivity contribution in [2.24, 2.45) is 7.05 Å². The van der Waals surface area contributed by atoms with Gasteiger partial charge in [0.25, 0.3) is 5.91 Å². The van der Waals surface area contributed by atoms with Gasteiger partial charge < -0.3 is 15.7 Å². The van der Waals surface area contributed by atoms with Crippen LogP contribution in [-0.2, 0) is 7.05 Å². The molecule has 9 heteroatoms. The molecule has 0 aliphatic rings. The van der Waals surface area contributed by atoms with Crippen LogP contribution in [0.25, 0.3) is 10.8 Å². The van der Waals surface area contributed by atoms with Crippen molar-refractivity contribution in [1.82, 2.24) is 20.1 Å². The monoisotopic (exact) mass is 453 g/mol. The fourth-order valence-corrected chi connectivity index (χ4v) is 3.53. The highest BCUT2D eigenvalue weighted by molar-refractivity contribution is 6.30. The Morgan fingerprint density at radius 2 is 2.00 bits per heavy atom. The second kappa shape index (κ2) is 8.94. The van der Waals surface area contributed by atoms with Gasteiger partial charge in [-0.25, -0.2) is 9.37 Å². The van der Waals surface area contributed by atoms with Gasteiger partial charge in [-0.1, -0.05) is 23.7 Å². The summed E-state index contributed by atoms with van der Waals surface area (Å²) in [5.41, 5.74) is 1.71. The van der Waals surface area contributed by atoms with E-state index in [2.05, 4.69) is 20.7 Å². The van der Waals surface area contributed by atoms with E-state index in [-0.39, 0.29) is 11.6 Å². The number of amides is 1. The molecule has 0 aliphatic heterocycles. The first-order valence-electron chi connectivity index (χ1n) is 9.88. The molecule has 7 nitrogen and oxygen atoms in total. The number of benzene rings is 2. The molecule has 3 N–H and O–H groups in total. The molecular formula is C23H21ClFN5O2. The van der Waals surface area contributed by atoms with Gasteiger partial charge in [0.15, 0.2) is 0 Å². The number of carbonyl (C=O) groups is 1. The number of nitrogens with one attached hydrogen (secondary N) is 2. The Morgan fingerprint density at radius 3 is 2.69 bits per heavy atom. The molecule has 2 aromatic carbocycles. The van der Waals surface area contributed by atoms with Crippen LogP contribution in [0.3, 0.4) is 0 Å². The van der Waals surface area contributed by atoms with Gasteiger partial charge in [0.2, 0.25) is 0 Å². The van der Waals surface area contributed by atoms with E-state index in [9.17, 15) is 14.3 Å². The molecule has 0 radical (unpaired) electrons. The minimum Gasteiger partial charge on any atom is -0.394 e. The molecule has 0 aliphatic carbocycles. The van der Waals surface area contributed by atoms with E-state index < -0.39 is 17.8 Å². The first-order valence-corrected chi connectivity index (χ1v) is 10.3. The maximum atomic E-state index is 13.8. The molecule has 32 heavy (non-hydrogen) atoms. The molecule has 4 rings (SSSR count). The molecule has 2 aromatic heterocycles. The number of pyridine rings is 1. The summed E-state index contributed by atoms with van der Waals surface area (Å²) < 4.78 is 15.5. The SMILES string of the molecule is Cc1cc(Nc2cc3cc(C(=O)NC(CO)c4ccc(Cl)c(F)c4)ccc3cn2)n(C)n1. The minimum atomic E-state index is -0.771. The van der Waals surface area contributed by atoms with Crippen LogP contribution in [0.5, 0.6) is 0 Å². The number of carbonyl (C=O) groups excluding carboxylic acids is 1. The number of rotatable bonds is 6. The zero-order chi connectivity index (χ0) is 22.8. The number of aliphatic hydroxyl groups is 1. The van der Waals surface area contributed by atoms with E-state index in [0.29, 0.717) is 16.9 Å². The molecule has 1 atom stereocenters. The highest BCUT2D eigenvalue weighted by atomic mass is 35.5. The molecule has 0 spiro atoms. The number of aryl methyl sites for hydroxylation is 2. The summed E-state index contributed by atoms with van der Waals surface area (Å²) in [6, 6.07) is 12.3. The van der Waals surface area contributed by atoms with E-state index in [1.165, 1.54) is 12.1 Å². The van der Waals surface area contributed by atoms with Gasteiger partial charge in [0, 0.05) is 30.3 Å². The fourth-order valence-electron chi connectivity index (χ4n) is 3.41. The van der Waals surface area contributed by atoms with Crippen LogP contribution in [0.4, 0.5) is 16.0 Å². The van der Waals surface area contributed by atoms with Gasteiger partial charge in [0.1, 0.15) is 17.5 Å². The van der Waals surface area contributed by atoms with E-state index in [0.717, 1.165) is 22.3 Å². The fraction of sp³-hybridized carbons (Fsp3) is 0.174. The number of nitrogens with zero attached hydrogens (tertiary/aromatic N) is 3. The zero-order valence-electron chi connectivity index (χ0n) is 17.4. The van der Waals surface area contributed by atoms with Crippen LogP contribution >= 0.6 is 11.6 Å².